The Morgan fingerprint density at radius 2 is 2.29 bits per heavy atom. The van der Waals surface area contributed by atoms with Gasteiger partial charge in [0.25, 0.3) is 0 Å². The molecule has 3 rings (SSSR count). The van der Waals surface area contributed by atoms with Gasteiger partial charge in [0.05, 0.1) is 6.04 Å². The van der Waals surface area contributed by atoms with E-state index in [0.29, 0.717) is 0 Å². The zero-order valence-corrected chi connectivity index (χ0v) is 9.65. The molecule has 88 valence electrons. The minimum atomic E-state index is -0.151. The van der Waals surface area contributed by atoms with Crippen molar-refractivity contribution in [2.75, 3.05) is 5.32 Å². The predicted octanol–water partition coefficient (Wildman–Crippen LogP) is 2.66. The lowest BCUT2D eigenvalue weighted by Gasteiger charge is -2.13. The van der Waals surface area contributed by atoms with Crippen LogP contribution in [0.4, 0.5) is 10.2 Å². The van der Waals surface area contributed by atoms with Crippen molar-refractivity contribution in [3.63, 3.8) is 0 Å². The molecular weight excluding hydrogens is 217 g/mol. The Morgan fingerprint density at radius 3 is 3.06 bits per heavy atom. The first-order chi connectivity index (χ1) is 8.22. The molecule has 1 N–H and O–H groups in total. The molecular formula is C13H14FN3. The highest BCUT2D eigenvalue weighted by atomic mass is 19.1. The first-order valence-electron chi connectivity index (χ1n) is 5.77. The average Bonchev–Trinajstić information content (AvgIpc) is 2.86. The lowest BCUT2D eigenvalue weighted by atomic mass is 10.1. The molecule has 0 saturated carbocycles. The molecule has 17 heavy (non-hydrogen) atoms. The van der Waals surface area contributed by atoms with Crippen molar-refractivity contribution in [3.05, 3.63) is 47.4 Å². The SMILES string of the molecule is Cn1ccc(NC2CCc3cc(F)ccc32)n1. The fraction of sp³-hybridized carbons (Fsp3) is 0.308. The van der Waals surface area contributed by atoms with Crippen LogP contribution in [0.25, 0.3) is 0 Å². The summed E-state index contributed by atoms with van der Waals surface area (Å²) in [5.41, 5.74) is 2.30. The van der Waals surface area contributed by atoms with Gasteiger partial charge in [-0.1, -0.05) is 6.07 Å². The first kappa shape index (κ1) is 10.3. The average molecular weight is 231 g/mol. The fourth-order valence-electron chi connectivity index (χ4n) is 2.41. The summed E-state index contributed by atoms with van der Waals surface area (Å²) in [4.78, 5) is 0. The second-order valence-electron chi connectivity index (χ2n) is 4.45. The van der Waals surface area contributed by atoms with Gasteiger partial charge in [0.1, 0.15) is 11.6 Å². The highest BCUT2D eigenvalue weighted by Gasteiger charge is 2.22. The van der Waals surface area contributed by atoms with Gasteiger partial charge in [-0.05, 0) is 36.1 Å². The molecule has 3 nitrogen and oxygen atoms in total. The van der Waals surface area contributed by atoms with Crippen LogP contribution in [0, 0.1) is 5.82 Å². The molecule has 2 aromatic rings. The predicted molar refractivity (Wildman–Crippen MR) is 64.3 cm³/mol. The number of anilines is 1. The highest BCUT2D eigenvalue weighted by Crippen LogP contribution is 2.33. The van der Waals surface area contributed by atoms with Crippen LogP contribution in [0.5, 0.6) is 0 Å². The number of nitrogens with zero attached hydrogens (tertiary/aromatic N) is 2. The monoisotopic (exact) mass is 231 g/mol. The smallest absolute Gasteiger partial charge is 0.148 e. The van der Waals surface area contributed by atoms with Crippen LogP contribution < -0.4 is 5.32 Å². The second-order valence-corrected chi connectivity index (χ2v) is 4.45. The fourth-order valence-corrected chi connectivity index (χ4v) is 2.41. The minimum Gasteiger partial charge on any atom is -0.362 e. The van der Waals surface area contributed by atoms with E-state index in [1.165, 1.54) is 11.6 Å². The molecule has 0 fully saturated rings. The van der Waals surface area contributed by atoms with Crippen molar-refractivity contribution in [1.82, 2.24) is 9.78 Å². The van der Waals surface area contributed by atoms with E-state index in [1.54, 1.807) is 10.7 Å². The Labute approximate surface area is 99.3 Å². The van der Waals surface area contributed by atoms with E-state index < -0.39 is 0 Å². The number of hydrogen-bond donors (Lipinski definition) is 1. The van der Waals surface area contributed by atoms with Gasteiger partial charge in [-0.15, -0.1) is 0 Å². The topological polar surface area (TPSA) is 29.9 Å². The van der Waals surface area contributed by atoms with E-state index in [0.717, 1.165) is 24.2 Å². The van der Waals surface area contributed by atoms with E-state index in [1.807, 2.05) is 25.4 Å². The third-order valence-corrected chi connectivity index (χ3v) is 3.22. The quantitative estimate of drug-likeness (QED) is 0.861. The summed E-state index contributed by atoms with van der Waals surface area (Å²) in [5.74, 6) is 0.719. The van der Waals surface area contributed by atoms with E-state index in [2.05, 4.69) is 10.4 Å². The second kappa shape index (κ2) is 3.87. The van der Waals surface area contributed by atoms with Gasteiger partial charge < -0.3 is 5.32 Å². The molecule has 0 spiro atoms. The lowest BCUT2D eigenvalue weighted by molar-refractivity contribution is 0.626. The summed E-state index contributed by atoms with van der Waals surface area (Å²) in [6.07, 6.45) is 3.83. The number of halogens is 1. The number of aryl methyl sites for hydroxylation is 2. The first-order valence-corrected chi connectivity index (χ1v) is 5.77. The summed E-state index contributed by atoms with van der Waals surface area (Å²) in [6.45, 7) is 0. The summed E-state index contributed by atoms with van der Waals surface area (Å²) in [6, 6.07) is 7.23. The number of hydrogen-bond acceptors (Lipinski definition) is 2. The molecule has 1 aromatic heterocycles. The molecule has 0 radical (unpaired) electrons. The van der Waals surface area contributed by atoms with Crippen molar-refractivity contribution in [2.45, 2.75) is 18.9 Å². The Balaban J connectivity index is 1.84. The van der Waals surface area contributed by atoms with Crippen molar-refractivity contribution >= 4 is 5.82 Å². The molecule has 1 atom stereocenters. The van der Waals surface area contributed by atoms with Crippen LogP contribution >= 0.6 is 0 Å². The third kappa shape index (κ3) is 1.90. The lowest BCUT2D eigenvalue weighted by Crippen LogP contribution is -2.07. The van der Waals surface area contributed by atoms with Crippen LogP contribution in [0.1, 0.15) is 23.6 Å². The van der Waals surface area contributed by atoms with Gasteiger partial charge in [-0.25, -0.2) is 4.39 Å². The van der Waals surface area contributed by atoms with Gasteiger partial charge >= 0.3 is 0 Å². The van der Waals surface area contributed by atoms with E-state index >= 15 is 0 Å². The number of nitrogens with one attached hydrogen (secondary N) is 1. The summed E-state index contributed by atoms with van der Waals surface area (Å²) in [5, 5.41) is 7.68. The van der Waals surface area contributed by atoms with E-state index in [4.69, 9.17) is 0 Å². The maximum absolute atomic E-state index is 13.1. The molecule has 1 aliphatic carbocycles. The van der Waals surface area contributed by atoms with Crippen LogP contribution in [0.2, 0.25) is 0 Å². The maximum atomic E-state index is 13.1. The van der Waals surface area contributed by atoms with Gasteiger partial charge in [-0.2, -0.15) is 5.10 Å². The van der Waals surface area contributed by atoms with Gasteiger partial charge in [0.15, 0.2) is 0 Å². The van der Waals surface area contributed by atoms with Crippen LogP contribution in [0.15, 0.2) is 30.5 Å². The zero-order chi connectivity index (χ0) is 11.8. The van der Waals surface area contributed by atoms with Gasteiger partial charge in [-0.3, -0.25) is 4.68 Å². The van der Waals surface area contributed by atoms with Gasteiger partial charge in [0.2, 0.25) is 0 Å². The van der Waals surface area contributed by atoms with E-state index in [-0.39, 0.29) is 11.9 Å². The molecule has 4 heteroatoms. The molecule has 1 unspecified atom stereocenters. The number of benzene rings is 1. The largest absolute Gasteiger partial charge is 0.362 e. The Hall–Kier alpha value is -1.84. The Morgan fingerprint density at radius 1 is 1.41 bits per heavy atom. The Bertz CT molecular complexity index is 547. The number of fused-ring (bicyclic) bond motifs is 1. The van der Waals surface area contributed by atoms with Crippen molar-refractivity contribution in [1.29, 1.82) is 0 Å². The molecule has 1 aromatic carbocycles. The molecule has 0 amide bonds. The zero-order valence-electron chi connectivity index (χ0n) is 9.65. The summed E-state index contributed by atoms with van der Waals surface area (Å²) in [7, 11) is 1.89. The standard InChI is InChI=1S/C13H14FN3/c1-17-7-6-13(16-17)15-12-5-2-9-8-10(14)3-4-11(9)12/h3-4,6-8,12H,2,5H2,1H3,(H,15,16). The molecule has 0 bridgehead atoms. The summed E-state index contributed by atoms with van der Waals surface area (Å²) >= 11 is 0. The van der Waals surface area contributed by atoms with Crippen molar-refractivity contribution in [3.8, 4) is 0 Å². The highest BCUT2D eigenvalue weighted by molar-refractivity contribution is 5.43. The third-order valence-electron chi connectivity index (χ3n) is 3.22. The summed E-state index contributed by atoms with van der Waals surface area (Å²) < 4.78 is 14.8. The Kier molecular flexibility index (Phi) is 2.35. The van der Waals surface area contributed by atoms with Gasteiger partial charge in [0, 0.05) is 19.3 Å². The number of rotatable bonds is 2. The van der Waals surface area contributed by atoms with Crippen LogP contribution in [0.3, 0.4) is 0 Å². The minimum absolute atomic E-state index is 0.151. The number of aromatic nitrogens is 2. The molecule has 0 saturated heterocycles. The van der Waals surface area contributed by atoms with E-state index in [9.17, 15) is 4.39 Å². The molecule has 0 aliphatic heterocycles. The normalized spacial score (nSPS) is 18.1. The van der Waals surface area contributed by atoms with Crippen molar-refractivity contribution < 1.29 is 4.39 Å². The van der Waals surface area contributed by atoms with Crippen LogP contribution in [-0.4, -0.2) is 9.78 Å². The van der Waals surface area contributed by atoms with Crippen molar-refractivity contribution in [2.24, 2.45) is 7.05 Å². The molecule has 1 heterocycles. The molecule has 1 aliphatic rings. The maximum Gasteiger partial charge on any atom is 0.148 e. The van der Waals surface area contributed by atoms with Crippen LogP contribution in [-0.2, 0) is 13.5 Å².